The molecule has 1 unspecified atom stereocenters. The molecule has 1 amide bonds. The molecule has 0 bridgehead atoms. The first-order valence-electron chi connectivity index (χ1n) is 7.29. The van der Waals surface area contributed by atoms with E-state index in [9.17, 15) is 9.90 Å². The Morgan fingerprint density at radius 3 is 2.76 bits per heavy atom. The number of nitrogens with zero attached hydrogens (tertiary/aromatic N) is 2. The van der Waals surface area contributed by atoms with E-state index in [-0.39, 0.29) is 5.91 Å². The quantitative estimate of drug-likeness (QED) is 0.869. The molecule has 1 aliphatic heterocycles. The summed E-state index contributed by atoms with van der Waals surface area (Å²) in [6, 6.07) is 5.78. The Kier molecular flexibility index (Phi) is 4.85. The topological polar surface area (TPSA) is 53.0 Å². The maximum absolute atomic E-state index is 11.8. The van der Waals surface area contributed by atoms with Crippen LogP contribution >= 0.6 is 0 Å². The highest BCUT2D eigenvalue weighted by atomic mass is 16.5. The number of benzene rings is 1. The van der Waals surface area contributed by atoms with Gasteiger partial charge in [0.15, 0.2) is 6.10 Å². The average molecular weight is 292 g/mol. The average Bonchev–Trinajstić information content (AvgIpc) is 2.67. The van der Waals surface area contributed by atoms with Crippen LogP contribution in [0.15, 0.2) is 18.2 Å². The van der Waals surface area contributed by atoms with E-state index in [0.717, 1.165) is 24.5 Å². The second kappa shape index (κ2) is 6.45. The molecular formula is C16H24N2O3. The minimum absolute atomic E-state index is 0.269. The lowest BCUT2D eigenvalue weighted by Gasteiger charge is -2.27. The molecule has 116 valence electrons. The normalized spacial score (nSPS) is 17.5. The Labute approximate surface area is 126 Å². The Balaban J connectivity index is 2.29. The monoisotopic (exact) mass is 292 g/mol. The third kappa shape index (κ3) is 3.19. The van der Waals surface area contributed by atoms with Crippen LogP contribution in [0.25, 0.3) is 0 Å². The summed E-state index contributed by atoms with van der Waals surface area (Å²) in [6.07, 6.45) is -1.03. The summed E-state index contributed by atoms with van der Waals surface area (Å²) in [5.41, 5.74) is 2.52. The summed E-state index contributed by atoms with van der Waals surface area (Å²) >= 11 is 0. The van der Waals surface area contributed by atoms with Crippen LogP contribution in [0.2, 0.25) is 0 Å². The summed E-state index contributed by atoms with van der Waals surface area (Å²) in [6.45, 7) is 6.72. The fourth-order valence-corrected chi connectivity index (χ4v) is 2.65. The maximum atomic E-state index is 11.8. The van der Waals surface area contributed by atoms with Crippen LogP contribution in [0.5, 0.6) is 0 Å². The fraction of sp³-hybridized carbons (Fsp3) is 0.562. The number of fused-ring (bicyclic) bond motifs is 1. The number of anilines is 2. The lowest BCUT2D eigenvalue weighted by atomic mass is 10.1. The predicted molar refractivity (Wildman–Crippen MR) is 83.7 cm³/mol. The van der Waals surface area contributed by atoms with Crippen molar-refractivity contribution < 1.29 is 14.6 Å². The molecule has 1 heterocycles. The molecule has 2 rings (SSSR count). The lowest BCUT2D eigenvalue weighted by Crippen LogP contribution is -2.31. The van der Waals surface area contributed by atoms with Crippen LogP contribution in [0.1, 0.15) is 25.5 Å². The predicted octanol–water partition coefficient (Wildman–Crippen LogP) is 1.81. The third-order valence-electron chi connectivity index (χ3n) is 3.75. The molecule has 0 aliphatic carbocycles. The van der Waals surface area contributed by atoms with Gasteiger partial charge in [0, 0.05) is 38.5 Å². The molecule has 0 fully saturated rings. The minimum atomic E-state index is -1.03. The molecule has 21 heavy (non-hydrogen) atoms. The van der Waals surface area contributed by atoms with Crippen molar-refractivity contribution in [1.29, 1.82) is 0 Å². The van der Waals surface area contributed by atoms with E-state index in [1.807, 2.05) is 18.2 Å². The molecule has 0 saturated carbocycles. The number of methoxy groups -OCH3 is 1. The largest absolute Gasteiger partial charge is 0.383 e. The number of aliphatic hydroxyl groups excluding tert-OH is 1. The zero-order chi connectivity index (χ0) is 15.6. The maximum Gasteiger partial charge on any atom is 0.260 e. The highest BCUT2D eigenvalue weighted by Crippen LogP contribution is 2.37. The van der Waals surface area contributed by atoms with Gasteiger partial charge in [0.2, 0.25) is 0 Å². The molecule has 5 nitrogen and oxygen atoms in total. The van der Waals surface area contributed by atoms with Crippen molar-refractivity contribution in [2.45, 2.75) is 20.0 Å². The first-order chi connectivity index (χ1) is 9.95. The van der Waals surface area contributed by atoms with Gasteiger partial charge in [-0.2, -0.15) is 0 Å². The van der Waals surface area contributed by atoms with E-state index in [4.69, 9.17) is 4.74 Å². The Bertz CT molecular complexity index is 516. The third-order valence-corrected chi connectivity index (χ3v) is 3.75. The summed E-state index contributed by atoms with van der Waals surface area (Å²) in [7, 11) is 3.39. The van der Waals surface area contributed by atoms with Gasteiger partial charge in [0.1, 0.15) is 0 Å². The highest BCUT2D eigenvalue weighted by molar-refractivity contribution is 6.03. The molecule has 1 atom stereocenters. The molecule has 0 spiro atoms. The van der Waals surface area contributed by atoms with Gasteiger partial charge >= 0.3 is 0 Å². The lowest BCUT2D eigenvalue weighted by molar-refractivity contribution is -0.125. The Morgan fingerprint density at radius 2 is 2.14 bits per heavy atom. The van der Waals surface area contributed by atoms with Gasteiger partial charge in [-0.25, -0.2) is 0 Å². The SMILES string of the molecule is COCCN(CC(C)C)c1ccc2c(c1)N(C)C(=O)C2O. The van der Waals surface area contributed by atoms with Crippen LogP contribution in [0, 0.1) is 5.92 Å². The van der Waals surface area contributed by atoms with Gasteiger partial charge in [-0.3, -0.25) is 4.79 Å². The zero-order valence-corrected chi connectivity index (χ0v) is 13.2. The van der Waals surface area contributed by atoms with Crippen molar-refractivity contribution in [2.24, 2.45) is 5.92 Å². The van der Waals surface area contributed by atoms with Crippen LogP contribution in [0.4, 0.5) is 11.4 Å². The number of likely N-dealkylation sites (N-methyl/N-ethyl adjacent to an activating group) is 1. The van der Waals surface area contributed by atoms with E-state index in [1.165, 1.54) is 4.90 Å². The minimum Gasteiger partial charge on any atom is -0.383 e. The first-order valence-corrected chi connectivity index (χ1v) is 7.29. The van der Waals surface area contributed by atoms with Crippen LogP contribution < -0.4 is 9.80 Å². The van der Waals surface area contributed by atoms with Crippen molar-refractivity contribution >= 4 is 17.3 Å². The van der Waals surface area contributed by atoms with Gasteiger partial charge in [-0.15, -0.1) is 0 Å². The van der Waals surface area contributed by atoms with Crippen LogP contribution in [0.3, 0.4) is 0 Å². The highest BCUT2D eigenvalue weighted by Gasteiger charge is 2.33. The number of amides is 1. The molecule has 0 saturated heterocycles. The van der Waals surface area contributed by atoms with Crippen molar-refractivity contribution in [1.82, 2.24) is 0 Å². The Morgan fingerprint density at radius 1 is 1.43 bits per heavy atom. The number of hydrogen-bond acceptors (Lipinski definition) is 4. The Hall–Kier alpha value is -1.59. The van der Waals surface area contributed by atoms with E-state index in [0.29, 0.717) is 18.1 Å². The molecule has 5 heteroatoms. The van der Waals surface area contributed by atoms with Crippen LogP contribution in [-0.2, 0) is 9.53 Å². The number of aliphatic hydroxyl groups is 1. The summed E-state index contributed by atoms with van der Waals surface area (Å²) in [4.78, 5) is 15.6. The molecule has 1 N–H and O–H groups in total. The standard InChI is InChI=1S/C16H24N2O3/c1-11(2)10-18(7-8-21-4)12-5-6-13-14(9-12)17(3)16(20)15(13)19/h5-6,9,11,15,19H,7-8,10H2,1-4H3. The van der Waals surface area contributed by atoms with Gasteiger partial charge < -0.3 is 19.6 Å². The van der Waals surface area contributed by atoms with Crippen molar-refractivity contribution in [3.05, 3.63) is 23.8 Å². The molecule has 1 aromatic rings. The van der Waals surface area contributed by atoms with Gasteiger partial charge in [0.25, 0.3) is 5.91 Å². The summed E-state index contributed by atoms with van der Waals surface area (Å²) in [5, 5.41) is 9.91. The van der Waals surface area contributed by atoms with E-state index < -0.39 is 6.10 Å². The number of rotatable bonds is 6. The van der Waals surface area contributed by atoms with Crippen molar-refractivity contribution in [3.63, 3.8) is 0 Å². The first kappa shape index (κ1) is 15.8. The molecular weight excluding hydrogens is 268 g/mol. The van der Waals surface area contributed by atoms with Gasteiger partial charge in [0.05, 0.1) is 12.3 Å². The summed E-state index contributed by atoms with van der Waals surface area (Å²) < 4.78 is 5.18. The number of carbonyl (C=O) groups is 1. The molecule has 1 aliphatic rings. The van der Waals surface area contributed by atoms with Gasteiger partial charge in [-0.05, 0) is 18.1 Å². The van der Waals surface area contributed by atoms with E-state index in [2.05, 4.69) is 18.7 Å². The molecule has 0 aromatic heterocycles. The molecule has 1 aromatic carbocycles. The number of carbonyl (C=O) groups excluding carboxylic acids is 1. The van der Waals surface area contributed by atoms with E-state index >= 15 is 0 Å². The second-order valence-corrected chi connectivity index (χ2v) is 5.88. The van der Waals surface area contributed by atoms with Crippen LogP contribution in [-0.4, -0.2) is 44.9 Å². The smallest absolute Gasteiger partial charge is 0.260 e. The van der Waals surface area contributed by atoms with Gasteiger partial charge in [-0.1, -0.05) is 19.9 Å². The fourth-order valence-electron chi connectivity index (χ4n) is 2.65. The second-order valence-electron chi connectivity index (χ2n) is 5.88. The number of hydrogen-bond donors (Lipinski definition) is 1. The number of ether oxygens (including phenoxy) is 1. The van der Waals surface area contributed by atoms with Crippen molar-refractivity contribution in [2.75, 3.05) is 43.7 Å². The summed E-state index contributed by atoms with van der Waals surface area (Å²) in [5.74, 6) is 0.259. The van der Waals surface area contributed by atoms with Crippen molar-refractivity contribution in [3.8, 4) is 0 Å². The van der Waals surface area contributed by atoms with E-state index in [1.54, 1.807) is 14.2 Å². The zero-order valence-electron chi connectivity index (χ0n) is 13.2. The molecule has 0 radical (unpaired) electrons.